The molecular weight excluding hydrogens is 380 g/mol. The van der Waals surface area contributed by atoms with Crippen molar-refractivity contribution in [1.82, 2.24) is 9.80 Å². The van der Waals surface area contributed by atoms with Gasteiger partial charge in [0.25, 0.3) is 0 Å². The highest BCUT2D eigenvalue weighted by molar-refractivity contribution is 5.81. The molecule has 0 N–H and O–H groups in total. The lowest BCUT2D eigenvalue weighted by Gasteiger charge is -2.58. The summed E-state index contributed by atoms with van der Waals surface area (Å²) in [5.41, 5.74) is 2.40. The zero-order chi connectivity index (χ0) is 22.3. The first-order chi connectivity index (χ1) is 14.5. The van der Waals surface area contributed by atoms with Crippen LogP contribution in [0.25, 0.3) is 0 Å². The topological polar surface area (TPSA) is 23.6 Å². The van der Waals surface area contributed by atoms with E-state index in [1.165, 1.54) is 51.5 Å². The zero-order valence-corrected chi connectivity index (χ0v) is 21.2. The summed E-state index contributed by atoms with van der Waals surface area (Å²) in [7, 11) is 4.42. The molecular formula is C28H46N2O. The molecule has 3 nitrogen and oxygen atoms in total. The van der Waals surface area contributed by atoms with Crippen LogP contribution in [0.1, 0.15) is 86.0 Å². The standard InChI is InChI=1S/C28H46N2O/c1-18-22-10-11-24-21-9-8-19-16-20(30(7)25(31)26(2,3)4)12-14-27(19,5)23(21)13-15-28(22,24)17-29(18)6/h8,18,20-24H,9-17H2,1-7H3/t18-,20-,21+,22+,23?,24?,27-,28-/m0/s1. The molecule has 1 saturated heterocycles. The highest BCUT2D eigenvalue weighted by Gasteiger charge is 2.64. The maximum Gasteiger partial charge on any atom is 0.227 e. The van der Waals surface area contributed by atoms with E-state index in [0.717, 1.165) is 36.1 Å². The lowest BCUT2D eigenvalue weighted by molar-refractivity contribution is -0.141. The summed E-state index contributed by atoms with van der Waals surface area (Å²) in [6, 6.07) is 1.16. The van der Waals surface area contributed by atoms with Crippen molar-refractivity contribution in [3.05, 3.63) is 11.6 Å². The minimum absolute atomic E-state index is 0.288. The molecule has 4 aliphatic carbocycles. The van der Waals surface area contributed by atoms with Crippen LogP contribution in [0.15, 0.2) is 11.6 Å². The summed E-state index contributed by atoms with van der Waals surface area (Å²) in [5, 5.41) is 0. The van der Waals surface area contributed by atoms with Crippen LogP contribution in [-0.2, 0) is 4.79 Å². The Bertz CT molecular complexity index is 780. The van der Waals surface area contributed by atoms with Crippen molar-refractivity contribution in [2.75, 3.05) is 20.6 Å². The lowest BCUT2D eigenvalue weighted by Crippen LogP contribution is -2.53. The Balaban J connectivity index is 1.37. The molecule has 3 saturated carbocycles. The van der Waals surface area contributed by atoms with Gasteiger partial charge in [0.05, 0.1) is 0 Å². The fourth-order valence-electron chi connectivity index (χ4n) is 9.47. The normalized spacial score (nSPS) is 47.1. The molecule has 1 aliphatic heterocycles. The number of allylic oxidation sites excluding steroid dienone is 1. The Morgan fingerprint density at radius 3 is 2.52 bits per heavy atom. The number of amides is 1. The minimum atomic E-state index is -0.288. The number of fused-ring (bicyclic) bond motifs is 4. The average molecular weight is 427 g/mol. The molecule has 0 aromatic heterocycles. The van der Waals surface area contributed by atoms with Crippen molar-refractivity contribution in [3.63, 3.8) is 0 Å². The molecule has 8 atom stereocenters. The summed E-state index contributed by atoms with van der Waals surface area (Å²) in [5.74, 6) is 3.95. The van der Waals surface area contributed by atoms with Crippen molar-refractivity contribution in [2.45, 2.75) is 98.1 Å². The molecule has 5 rings (SSSR count). The number of likely N-dealkylation sites (tertiary alicyclic amines) is 1. The smallest absolute Gasteiger partial charge is 0.227 e. The number of nitrogens with zero attached hydrogens (tertiary/aromatic N) is 2. The number of hydrogen-bond donors (Lipinski definition) is 0. The molecule has 1 amide bonds. The van der Waals surface area contributed by atoms with Crippen LogP contribution in [0.3, 0.4) is 0 Å². The van der Waals surface area contributed by atoms with E-state index in [0.29, 0.717) is 22.8 Å². The molecule has 1 spiro atoms. The lowest BCUT2D eigenvalue weighted by atomic mass is 9.47. The van der Waals surface area contributed by atoms with Gasteiger partial charge in [-0.3, -0.25) is 4.79 Å². The van der Waals surface area contributed by atoms with Gasteiger partial charge < -0.3 is 9.80 Å². The van der Waals surface area contributed by atoms with Gasteiger partial charge in [0.1, 0.15) is 0 Å². The molecule has 2 unspecified atom stereocenters. The molecule has 4 fully saturated rings. The summed E-state index contributed by atoms with van der Waals surface area (Å²) >= 11 is 0. The first-order valence-electron chi connectivity index (χ1n) is 13.2. The van der Waals surface area contributed by atoms with Crippen LogP contribution in [0.5, 0.6) is 0 Å². The molecule has 0 aromatic rings. The van der Waals surface area contributed by atoms with Gasteiger partial charge in [-0.2, -0.15) is 0 Å². The fraction of sp³-hybridized carbons (Fsp3) is 0.893. The van der Waals surface area contributed by atoms with E-state index in [1.807, 2.05) is 7.05 Å². The molecule has 1 heterocycles. The van der Waals surface area contributed by atoms with Crippen molar-refractivity contribution < 1.29 is 4.79 Å². The van der Waals surface area contributed by atoms with Crippen LogP contribution >= 0.6 is 0 Å². The summed E-state index contributed by atoms with van der Waals surface area (Å²) in [4.78, 5) is 17.7. The van der Waals surface area contributed by atoms with Crippen LogP contribution in [0, 0.1) is 39.9 Å². The number of hydrogen-bond acceptors (Lipinski definition) is 2. The van der Waals surface area contributed by atoms with Crippen molar-refractivity contribution in [2.24, 2.45) is 39.9 Å². The molecule has 3 heteroatoms. The molecule has 5 aliphatic rings. The van der Waals surface area contributed by atoms with Crippen molar-refractivity contribution >= 4 is 5.91 Å². The van der Waals surface area contributed by atoms with Crippen LogP contribution < -0.4 is 0 Å². The first-order valence-corrected chi connectivity index (χ1v) is 13.2. The third-order valence-corrected chi connectivity index (χ3v) is 11.2. The van der Waals surface area contributed by atoms with Gasteiger partial charge in [-0.1, -0.05) is 39.3 Å². The van der Waals surface area contributed by atoms with Gasteiger partial charge in [0.15, 0.2) is 0 Å². The summed E-state index contributed by atoms with van der Waals surface area (Å²) < 4.78 is 0. The van der Waals surface area contributed by atoms with Crippen molar-refractivity contribution in [1.29, 1.82) is 0 Å². The largest absolute Gasteiger partial charge is 0.342 e. The summed E-state index contributed by atoms with van der Waals surface area (Å²) in [6.45, 7) is 12.6. The Labute approximate surface area is 191 Å². The highest BCUT2D eigenvalue weighted by atomic mass is 16.2. The van der Waals surface area contributed by atoms with Crippen LogP contribution in [-0.4, -0.2) is 48.4 Å². The quantitative estimate of drug-likeness (QED) is 0.498. The fourth-order valence-corrected chi connectivity index (χ4v) is 9.47. The van der Waals surface area contributed by atoms with Gasteiger partial charge >= 0.3 is 0 Å². The second-order valence-corrected chi connectivity index (χ2v) is 13.4. The SMILES string of the molecule is C[C@H]1[C@H]2CCC3[C@@H]4CC=C5C[C@@H](N(C)C(=O)C(C)(C)C)CC[C@]5(C)C4CC[C@@]32CN1C. The van der Waals surface area contributed by atoms with E-state index in [9.17, 15) is 4.79 Å². The maximum atomic E-state index is 12.9. The predicted molar refractivity (Wildman–Crippen MR) is 128 cm³/mol. The Morgan fingerprint density at radius 1 is 1.10 bits per heavy atom. The third kappa shape index (κ3) is 3.04. The third-order valence-electron chi connectivity index (χ3n) is 11.2. The number of rotatable bonds is 1. The molecule has 0 bridgehead atoms. The van der Waals surface area contributed by atoms with Gasteiger partial charge in [-0.05, 0) is 99.8 Å². The van der Waals surface area contributed by atoms with Gasteiger partial charge in [-0.25, -0.2) is 0 Å². The van der Waals surface area contributed by atoms with E-state index in [-0.39, 0.29) is 5.41 Å². The maximum absolute atomic E-state index is 12.9. The minimum Gasteiger partial charge on any atom is -0.342 e. The van der Waals surface area contributed by atoms with E-state index in [1.54, 1.807) is 5.57 Å². The van der Waals surface area contributed by atoms with E-state index < -0.39 is 0 Å². The van der Waals surface area contributed by atoms with Crippen molar-refractivity contribution in [3.8, 4) is 0 Å². The first kappa shape index (κ1) is 22.0. The number of carbonyl (C=O) groups excluding carboxylic acids is 1. The molecule has 0 radical (unpaired) electrons. The monoisotopic (exact) mass is 426 g/mol. The van der Waals surface area contributed by atoms with E-state index in [2.05, 4.69) is 57.5 Å². The Kier molecular flexibility index (Phi) is 5.02. The summed E-state index contributed by atoms with van der Waals surface area (Å²) in [6.07, 6.45) is 13.4. The highest BCUT2D eigenvalue weighted by Crippen LogP contribution is 2.68. The van der Waals surface area contributed by atoms with Gasteiger partial charge in [0, 0.05) is 31.1 Å². The Hall–Kier alpha value is -0.830. The van der Waals surface area contributed by atoms with Crippen LogP contribution in [0.2, 0.25) is 0 Å². The molecule has 0 aromatic carbocycles. The Morgan fingerprint density at radius 2 is 1.81 bits per heavy atom. The van der Waals surface area contributed by atoms with E-state index in [4.69, 9.17) is 0 Å². The second-order valence-electron chi connectivity index (χ2n) is 13.4. The average Bonchev–Trinajstić information content (AvgIpc) is 3.19. The van der Waals surface area contributed by atoms with Crippen LogP contribution in [0.4, 0.5) is 0 Å². The second kappa shape index (κ2) is 7.08. The predicted octanol–water partition coefficient (Wildman–Crippen LogP) is 5.75. The zero-order valence-electron chi connectivity index (χ0n) is 21.2. The van der Waals surface area contributed by atoms with Gasteiger partial charge in [-0.15, -0.1) is 0 Å². The van der Waals surface area contributed by atoms with E-state index >= 15 is 0 Å². The molecule has 31 heavy (non-hydrogen) atoms. The molecule has 174 valence electrons. The van der Waals surface area contributed by atoms with Gasteiger partial charge in [0.2, 0.25) is 5.91 Å². The number of carbonyl (C=O) groups is 1.